The maximum Gasteiger partial charge on any atom is 0.243 e. The summed E-state index contributed by atoms with van der Waals surface area (Å²) in [5, 5.41) is 2.82. The molecule has 1 N–H and O–H groups in total. The molecule has 0 heterocycles. The minimum absolute atomic E-state index is 0.0281. The van der Waals surface area contributed by atoms with Gasteiger partial charge in [-0.2, -0.15) is 0 Å². The van der Waals surface area contributed by atoms with Gasteiger partial charge in [-0.1, -0.05) is 36.4 Å². The van der Waals surface area contributed by atoms with Crippen molar-refractivity contribution in [2.45, 2.75) is 19.9 Å². The molecule has 0 aliphatic rings. The first-order valence-corrected chi connectivity index (χ1v) is 4.63. The van der Waals surface area contributed by atoms with Crippen LogP contribution in [0.15, 0.2) is 36.9 Å². The minimum Gasteiger partial charge on any atom is -0.346 e. The monoisotopic (exact) mass is 189 g/mol. The number of aryl methyl sites for hydroxylation is 1. The first kappa shape index (κ1) is 10.5. The lowest BCUT2D eigenvalue weighted by Gasteiger charge is -2.13. The predicted molar refractivity (Wildman–Crippen MR) is 57.9 cm³/mol. The van der Waals surface area contributed by atoms with Gasteiger partial charge in [-0.05, 0) is 25.5 Å². The number of carbonyl (C=O) groups excluding carboxylic acids is 1. The molecule has 1 atom stereocenters. The Labute approximate surface area is 84.6 Å². The third-order valence-corrected chi connectivity index (χ3v) is 2.09. The van der Waals surface area contributed by atoms with E-state index in [1.807, 2.05) is 32.0 Å². The van der Waals surface area contributed by atoms with Crippen molar-refractivity contribution < 1.29 is 4.79 Å². The molecule has 14 heavy (non-hydrogen) atoms. The molecule has 0 saturated carbocycles. The van der Waals surface area contributed by atoms with Crippen LogP contribution in [-0.2, 0) is 4.79 Å². The molecule has 1 amide bonds. The summed E-state index contributed by atoms with van der Waals surface area (Å²) >= 11 is 0. The van der Waals surface area contributed by atoms with Gasteiger partial charge in [-0.25, -0.2) is 0 Å². The van der Waals surface area contributed by atoms with Crippen molar-refractivity contribution in [3.05, 3.63) is 48.0 Å². The van der Waals surface area contributed by atoms with E-state index in [9.17, 15) is 4.79 Å². The van der Waals surface area contributed by atoms with Crippen molar-refractivity contribution in [1.82, 2.24) is 5.32 Å². The molecule has 0 aromatic heterocycles. The lowest BCUT2D eigenvalue weighted by molar-refractivity contribution is -0.117. The van der Waals surface area contributed by atoms with Crippen LogP contribution in [-0.4, -0.2) is 5.91 Å². The van der Waals surface area contributed by atoms with Crippen LogP contribution in [0, 0.1) is 6.92 Å². The van der Waals surface area contributed by atoms with E-state index in [-0.39, 0.29) is 11.9 Å². The zero-order valence-electron chi connectivity index (χ0n) is 8.58. The van der Waals surface area contributed by atoms with Gasteiger partial charge in [0.05, 0.1) is 6.04 Å². The Morgan fingerprint density at radius 3 is 2.86 bits per heavy atom. The lowest BCUT2D eigenvalue weighted by atomic mass is 10.1. The second-order valence-electron chi connectivity index (χ2n) is 3.35. The second-order valence-corrected chi connectivity index (χ2v) is 3.35. The summed E-state index contributed by atoms with van der Waals surface area (Å²) in [6.45, 7) is 7.40. The topological polar surface area (TPSA) is 29.1 Å². The summed E-state index contributed by atoms with van der Waals surface area (Å²) in [6.07, 6.45) is 1.28. The number of hydrogen-bond acceptors (Lipinski definition) is 1. The van der Waals surface area contributed by atoms with Crippen LogP contribution in [0.1, 0.15) is 24.1 Å². The van der Waals surface area contributed by atoms with Gasteiger partial charge in [0.25, 0.3) is 0 Å². The zero-order valence-corrected chi connectivity index (χ0v) is 8.58. The van der Waals surface area contributed by atoms with Gasteiger partial charge in [-0.15, -0.1) is 0 Å². The van der Waals surface area contributed by atoms with E-state index >= 15 is 0 Å². The smallest absolute Gasteiger partial charge is 0.243 e. The Morgan fingerprint density at radius 1 is 1.57 bits per heavy atom. The van der Waals surface area contributed by atoms with Gasteiger partial charge in [0.1, 0.15) is 0 Å². The molecule has 0 aliphatic carbocycles. The number of carbonyl (C=O) groups is 1. The fraction of sp³-hybridized carbons (Fsp3) is 0.250. The molecule has 0 bridgehead atoms. The average molecular weight is 189 g/mol. The van der Waals surface area contributed by atoms with Crippen molar-refractivity contribution in [2.24, 2.45) is 0 Å². The standard InChI is InChI=1S/C12H15NO/c1-4-12(14)13-10(3)11-7-5-6-9(2)8-11/h4-8,10H,1H2,2-3H3,(H,13,14)/t10-/m1/s1. The van der Waals surface area contributed by atoms with Crippen LogP contribution in [0.3, 0.4) is 0 Å². The number of hydrogen-bond donors (Lipinski definition) is 1. The molecule has 2 nitrogen and oxygen atoms in total. The average Bonchev–Trinajstić information content (AvgIpc) is 2.17. The fourth-order valence-corrected chi connectivity index (χ4v) is 1.30. The van der Waals surface area contributed by atoms with Gasteiger partial charge >= 0.3 is 0 Å². The van der Waals surface area contributed by atoms with E-state index in [4.69, 9.17) is 0 Å². The highest BCUT2D eigenvalue weighted by atomic mass is 16.1. The summed E-state index contributed by atoms with van der Waals surface area (Å²) in [4.78, 5) is 11.1. The minimum atomic E-state index is -0.140. The number of benzene rings is 1. The zero-order chi connectivity index (χ0) is 10.6. The highest BCUT2D eigenvalue weighted by Crippen LogP contribution is 2.13. The molecule has 1 rings (SSSR count). The Hall–Kier alpha value is -1.57. The molecule has 0 aliphatic heterocycles. The van der Waals surface area contributed by atoms with Crippen LogP contribution in [0.4, 0.5) is 0 Å². The molecule has 0 radical (unpaired) electrons. The van der Waals surface area contributed by atoms with Crippen LogP contribution in [0.25, 0.3) is 0 Å². The molecule has 1 aromatic rings. The Balaban J connectivity index is 2.74. The van der Waals surface area contributed by atoms with Crippen molar-refractivity contribution in [3.63, 3.8) is 0 Å². The van der Waals surface area contributed by atoms with Gasteiger partial charge in [0.15, 0.2) is 0 Å². The van der Waals surface area contributed by atoms with Gasteiger partial charge in [-0.3, -0.25) is 4.79 Å². The molecule has 0 unspecified atom stereocenters. The maximum atomic E-state index is 11.1. The van der Waals surface area contributed by atoms with E-state index in [1.165, 1.54) is 11.6 Å². The SMILES string of the molecule is C=CC(=O)N[C@H](C)c1cccc(C)c1. The summed E-state index contributed by atoms with van der Waals surface area (Å²) in [5.74, 6) is -0.140. The van der Waals surface area contributed by atoms with E-state index < -0.39 is 0 Å². The third-order valence-electron chi connectivity index (χ3n) is 2.09. The Morgan fingerprint density at radius 2 is 2.29 bits per heavy atom. The highest BCUT2D eigenvalue weighted by Gasteiger charge is 2.06. The quantitative estimate of drug-likeness (QED) is 0.726. The predicted octanol–water partition coefficient (Wildman–Crippen LogP) is 2.36. The second kappa shape index (κ2) is 4.61. The third kappa shape index (κ3) is 2.73. The van der Waals surface area contributed by atoms with E-state index in [2.05, 4.69) is 18.0 Å². The summed E-state index contributed by atoms with van der Waals surface area (Å²) < 4.78 is 0. The van der Waals surface area contributed by atoms with Crippen molar-refractivity contribution >= 4 is 5.91 Å². The number of nitrogens with one attached hydrogen (secondary N) is 1. The van der Waals surface area contributed by atoms with E-state index in [1.54, 1.807) is 0 Å². The molecule has 74 valence electrons. The van der Waals surface area contributed by atoms with Crippen molar-refractivity contribution in [3.8, 4) is 0 Å². The Bertz CT molecular complexity index is 344. The van der Waals surface area contributed by atoms with Crippen LogP contribution in [0.2, 0.25) is 0 Å². The molecule has 1 aromatic carbocycles. The van der Waals surface area contributed by atoms with Gasteiger partial charge in [0.2, 0.25) is 5.91 Å². The molecular formula is C12H15NO. The molecule has 0 fully saturated rings. The number of amides is 1. The maximum absolute atomic E-state index is 11.1. The van der Waals surface area contributed by atoms with Crippen molar-refractivity contribution in [1.29, 1.82) is 0 Å². The van der Waals surface area contributed by atoms with Gasteiger partial charge < -0.3 is 5.32 Å². The van der Waals surface area contributed by atoms with Crippen LogP contribution < -0.4 is 5.32 Å². The fourth-order valence-electron chi connectivity index (χ4n) is 1.30. The normalized spacial score (nSPS) is 11.9. The largest absolute Gasteiger partial charge is 0.346 e. The van der Waals surface area contributed by atoms with Gasteiger partial charge in [0, 0.05) is 0 Å². The first-order valence-electron chi connectivity index (χ1n) is 4.63. The van der Waals surface area contributed by atoms with Crippen molar-refractivity contribution in [2.75, 3.05) is 0 Å². The molecule has 2 heteroatoms. The molecule has 0 saturated heterocycles. The summed E-state index contributed by atoms with van der Waals surface area (Å²) in [6, 6.07) is 8.11. The van der Waals surface area contributed by atoms with Crippen LogP contribution >= 0.6 is 0 Å². The Kier molecular flexibility index (Phi) is 3.46. The van der Waals surface area contributed by atoms with Crippen LogP contribution in [0.5, 0.6) is 0 Å². The summed E-state index contributed by atoms with van der Waals surface area (Å²) in [7, 11) is 0. The van der Waals surface area contributed by atoms with E-state index in [0.29, 0.717) is 0 Å². The lowest BCUT2D eigenvalue weighted by Crippen LogP contribution is -2.24. The first-order chi connectivity index (χ1) is 6.63. The number of rotatable bonds is 3. The highest BCUT2D eigenvalue weighted by molar-refractivity contribution is 5.87. The summed E-state index contributed by atoms with van der Waals surface area (Å²) in [5.41, 5.74) is 2.31. The molecular weight excluding hydrogens is 174 g/mol. The molecule has 0 spiro atoms. The van der Waals surface area contributed by atoms with E-state index in [0.717, 1.165) is 5.56 Å².